The first-order chi connectivity index (χ1) is 14.4. The SMILES string of the molecule is Cc1cc(C(=O)Nc2c(Cl)cc(C(=O)O)cc2Cl)c(C)n1-c1ccccc1C(F)(F)F. The fourth-order valence-electron chi connectivity index (χ4n) is 3.27. The van der Waals surface area contributed by atoms with Gasteiger partial charge in [-0.05, 0) is 44.2 Å². The van der Waals surface area contributed by atoms with Crippen LogP contribution in [0, 0.1) is 13.8 Å². The Hall–Kier alpha value is -2.97. The Bertz CT molecular complexity index is 1180. The van der Waals surface area contributed by atoms with Gasteiger partial charge in [0.2, 0.25) is 0 Å². The zero-order valence-electron chi connectivity index (χ0n) is 16.1. The third-order valence-corrected chi connectivity index (χ3v) is 5.25. The number of benzene rings is 2. The summed E-state index contributed by atoms with van der Waals surface area (Å²) in [6.45, 7) is 3.10. The van der Waals surface area contributed by atoms with Crippen LogP contribution in [0.4, 0.5) is 18.9 Å². The van der Waals surface area contributed by atoms with Gasteiger partial charge in [-0.3, -0.25) is 4.79 Å². The highest BCUT2D eigenvalue weighted by Gasteiger charge is 2.34. The standard InChI is InChI=1S/C21H15Cl2F3N2O3/c1-10-7-13(11(2)28(10)17-6-4-3-5-14(17)21(24,25)26)19(29)27-18-15(22)8-12(20(30)31)9-16(18)23/h3-9H,1-2H3,(H,27,29)(H,30,31). The molecule has 0 aliphatic heterocycles. The number of amides is 1. The summed E-state index contributed by atoms with van der Waals surface area (Å²) in [4.78, 5) is 23.9. The molecular weight excluding hydrogens is 456 g/mol. The molecule has 3 rings (SSSR count). The second-order valence-electron chi connectivity index (χ2n) is 6.71. The van der Waals surface area contributed by atoms with E-state index in [1.165, 1.54) is 35.8 Å². The van der Waals surface area contributed by atoms with Crippen molar-refractivity contribution in [3.05, 3.63) is 80.6 Å². The molecule has 0 bridgehead atoms. The van der Waals surface area contributed by atoms with Gasteiger partial charge < -0.3 is 15.0 Å². The summed E-state index contributed by atoms with van der Waals surface area (Å²) >= 11 is 12.1. The molecule has 2 N–H and O–H groups in total. The topological polar surface area (TPSA) is 71.3 Å². The lowest BCUT2D eigenvalue weighted by Crippen LogP contribution is -2.15. The number of hydrogen-bond donors (Lipinski definition) is 2. The highest BCUT2D eigenvalue weighted by atomic mass is 35.5. The maximum Gasteiger partial charge on any atom is 0.418 e. The van der Waals surface area contributed by atoms with Gasteiger partial charge in [0, 0.05) is 11.4 Å². The number of carbonyl (C=O) groups excluding carboxylic acids is 1. The van der Waals surface area contributed by atoms with Crippen molar-refractivity contribution in [2.24, 2.45) is 0 Å². The lowest BCUT2D eigenvalue weighted by molar-refractivity contribution is -0.137. The van der Waals surface area contributed by atoms with Crippen LogP contribution in [0.2, 0.25) is 10.0 Å². The summed E-state index contributed by atoms with van der Waals surface area (Å²) in [7, 11) is 0. The molecule has 162 valence electrons. The number of aromatic nitrogens is 1. The first kappa shape index (κ1) is 22.7. The first-order valence-corrected chi connectivity index (χ1v) is 9.56. The van der Waals surface area contributed by atoms with Gasteiger partial charge in [0.15, 0.2) is 0 Å². The lowest BCUT2D eigenvalue weighted by atomic mass is 10.1. The van der Waals surface area contributed by atoms with Crippen LogP contribution in [-0.2, 0) is 6.18 Å². The summed E-state index contributed by atoms with van der Waals surface area (Å²) in [6, 6.07) is 8.78. The smallest absolute Gasteiger partial charge is 0.418 e. The molecule has 10 heteroatoms. The largest absolute Gasteiger partial charge is 0.478 e. The molecule has 31 heavy (non-hydrogen) atoms. The number of aromatic carboxylic acids is 1. The van der Waals surface area contributed by atoms with Crippen LogP contribution < -0.4 is 5.32 Å². The van der Waals surface area contributed by atoms with Gasteiger partial charge in [-0.2, -0.15) is 13.2 Å². The van der Waals surface area contributed by atoms with Crippen LogP contribution in [-0.4, -0.2) is 21.6 Å². The number of halogens is 5. The second kappa shape index (κ2) is 8.28. The first-order valence-electron chi connectivity index (χ1n) is 8.81. The number of carboxylic acid groups (broad SMARTS) is 1. The predicted octanol–water partition coefficient (Wildman–Crippen LogP) is 6.37. The van der Waals surface area contributed by atoms with Crippen molar-refractivity contribution in [1.29, 1.82) is 0 Å². The van der Waals surface area contributed by atoms with Crippen molar-refractivity contribution in [3.63, 3.8) is 0 Å². The van der Waals surface area contributed by atoms with Gasteiger partial charge in [0.05, 0.1) is 38.1 Å². The molecular formula is C21H15Cl2F3N2O3. The molecule has 0 radical (unpaired) electrons. The third kappa shape index (κ3) is 4.40. The average molecular weight is 471 g/mol. The van der Waals surface area contributed by atoms with E-state index in [1.807, 2.05) is 0 Å². The molecule has 0 aliphatic carbocycles. The number of carbonyl (C=O) groups is 2. The molecule has 1 aromatic heterocycles. The Kier molecular flexibility index (Phi) is 6.07. The second-order valence-corrected chi connectivity index (χ2v) is 7.52. The van der Waals surface area contributed by atoms with Gasteiger partial charge in [0.1, 0.15) is 0 Å². The van der Waals surface area contributed by atoms with Crippen LogP contribution >= 0.6 is 23.2 Å². The van der Waals surface area contributed by atoms with E-state index in [2.05, 4.69) is 5.32 Å². The van der Waals surface area contributed by atoms with E-state index in [0.717, 1.165) is 18.2 Å². The normalized spacial score (nSPS) is 11.5. The molecule has 0 aliphatic rings. The van der Waals surface area contributed by atoms with Crippen molar-refractivity contribution in [2.75, 3.05) is 5.32 Å². The molecule has 1 heterocycles. The van der Waals surface area contributed by atoms with Crippen molar-refractivity contribution in [3.8, 4) is 5.69 Å². The third-order valence-electron chi connectivity index (χ3n) is 4.65. The number of aryl methyl sites for hydroxylation is 1. The van der Waals surface area contributed by atoms with Gasteiger partial charge in [-0.15, -0.1) is 0 Å². The highest BCUT2D eigenvalue weighted by molar-refractivity contribution is 6.40. The minimum Gasteiger partial charge on any atom is -0.478 e. The number of hydrogen-bond acceptors (Lipinski definition) is 2. The van der Waals surface area contributed by atoms with E-state index >= 15 is 0 Å². The average Bonchev–Trinajstić information content (AvgIpc) is 2.97. The maximum absolute atomic E-state index is 13.5. The van der Waals surface area contributed by atoms with E-state index in [-0.39, 0.29) is 38.2 Å². The van der Waals surface area contributed by atoms with E-state index in [1.54, 1.807) is 6.92 Å². The Morgan fingerprint density at radius 1 is 1.03 bits per heavy atom. The summed E-state index contributed by atoms with van der Waals surface area (Å²) in [5, 5.41) is 11.4. The molecule has 0 fully saturated rings. The summed E-state index contributed by atoms with van der Waals surface area (Å²) in [6.07, 6.45) is -4.57. The van der Waals surface area contributed by atoms with Crippen LogP contribution in [0.1, 0.15) is 37.7 Å². The number of anilines is 1. The van der Waals surface area contributed by atoms with Crippen LogP contribution in [0.15, 0.2) is 42.5 Å². The minimum atomic E-state index is -4.57. The molecule has 1 amide bonds. The van der Waals surface area contributed by atoms with E-state index in [4.69, 9.17) is 28.3 Å². The Morgan fingerprint density at radius 2 is 1.61 bits per heavy atom. The Balaban J connectivity index is 2.03. The maximum atomic E-state index is 13.5. The predicted molar refractivity (Wildman–Crippen MR) is 112 cm³/mol. The monoisotopic (exact) mass is 470 g/mol. The van der Waals surface area contributed by atoms with Crippen molar-refractivity contribution < 1.29 is 27.9 Å². The number of carboxylic acids is 1. The summed E-state index contributed by atoms with van der Waals surface area (Å²) in [5.41, 5.74) is -0.290. The van der Waals surface area contributed by atoms with Crippen molar-refractivity contribution in [1.82, 2.24) is 4.57 Å². The zero-order valence-corrected chi connectivity index (χ0v) is 17.7. The van der Waals surface area contributed by atoms with E-state index in [0.29, 0.717) is 5.69 Å². The fourth-order valence-corrected chi connectivity index (χ4v) is 3.85. The number of rotatable bonds is 4. The molecule has 0 saturated heterocycles. The molecule has 0 unspecified atom stereocenters. The van der Waals surface area contributed by atoms with E-state index < -0.39 is 23.6 Å². The highest BCUT2D eigenvalue weighted by Crippen LogP contribution is 2.36. The zero-order chi connectivity index (χ0) is 23.1. The van der Waals surface area contributed by atoms with Crippen molar-refractivity contribution >= 4 is 40.8 Å². The Labute approximate surface area is 185 Å². The molecule has 0 spiro atoms. The summed E-state index contributed by atoms with van der Waals surface area (Å²) in [5.74, 6) is -1.90. The number of alkyl halides is 3. The number of para-hydroxylation sites is 1. The molecule has 3 aromatic rings. The number of nitrogens with zero attached hydrogens (tertiary/aromatic N) is 1. The molecule has 0 atom stereocenters. The van der Waals surface area contributed by atoms with Crippen LogP contribution in [0.5, 0.6) is 0 Å². The molecule has 2 aromatic carbocycles. The summed E-state index contributed by atoms with van der Waals surface area (Å²) < 4.78 is 41.7. The van der Waals surface area contributed by atoms with Crippen LogP contribution in [0.25, 0.3) is 5.69 Å². The van der Waals surface area contributed by atoms with Crippen molar-refractivity contribution in [2.45, 2.75) is 20.0 Å². The van der Waals surface area contributed by atoms with Gasteiger partial charge in [0.25, 0.3) is 5.91 Å². The quantitative estimate of drug-likeness (QED) is 0.465. The van der Waals surface area contributed by atoms with Crippen LogP contribution in [0.3, 0.4) is 0 Å². The van der Waals surface area contributed by atoms with Gasteiger partial charge >= 0.3 is 12.1 Å². The Morgan fingerprint density at radius 3 is 2.16 bits per heavy atom. The molecule has 5 nitrogen and oxygen atoms in total. The fraction of sp³-hybridized carbons (Fsp3) is 0.143. The molecule has 0 saturated carbocycles. The number of nitrogens with one attached hydrogen (secondary N) is 1. The lowest BCUT2D eigenvalue weighted by Gasteiger charge is -2.17. The van der Waals surface area contributed by atoms with Gasteiger partial charge in [-0.1, -0.05) is 35.3 Å². The van der Waals surface area contributed by atoms with E-state index in [9.17, 15) is 22.8 Å². The minimum absolute atomic E-state index is 0.00109. The van der Waals surface area contributed by atoms with Gasteiger partial charge in [-0.25, -0.2) is 4.79 Å².